The van der Waals surface area contributed by atoms with Gasteiger partial charge in [-0.3, -0.25) is 0 Å². The highest BCUT2D eigenvalue weighted by Gasteiger charge is 2.10. The standard InChI is InChI=1S/C14H9ClF2O3/c15-11-3-2-9(6-10(11)14(18)19)20-7-8-1-4-12(16)13(17)5-8/h1-6H,7H2,(H,18,19). The van der Waals surface area contributed by atoms with Gasteiger partial charge >= 0.3 is 5.97 Å². The van der Waals surface area contributed by atoms with E-state index in [1.165, 1.54) is 24.3 Å². The Kier molecular flexibility index (Phi) is 4.20. The molecule has 2 aromatic rings. The van der Waals surface area contributed by atoms with E-state index in [-0.39, 0.29) is 22.9 Å². The van der Waals surface area contributed by atoms with Crippen LogP contribution in [0.4, 0.5) is 8.78 Å². The highest BCUT2D eigenvalue weighted by atomic mass is 35.5. The maximum absolute atomic E-state index is 13.0. The molecule has 2 rings (SSSR count). The van der Waals surface area contributed by atoms with Crippen molar-refractivity contribution < 1.29 is 23.4 Å². The number of carboxylic acids is 1. The first-order valence-corrected chi connectivity index (χ1v) is 5.95. The minimum atomic E-state index is -1.17. The Morgan fingerprint density at radius 1 is 1.15 bits per heavy atom. The molecule has 0 heterocycles. The first-order valence-electron chi connectivity index (χ1n) is 5.57. The van der Waals surface area contributed by atoms with Gasteiger partial charge in [-0.15, -0.1) is 0 Å². The highest BCUT2D eigenvalue weighted by molar-refractivity contribution is 6.33. The van der Waals surface area contributed by atoms with Crippen molar-refractivity contribution in [3.8, 4) is 5.75 Å². The van der Waals surface area contributed by atoms with E-state index in [9.17, 15) is 13.6 Å². The quantitative estimate of drug-likeness (QED) is 0.931. The van der Waals surface area contributed by atoms with Crippen molar-refractivity contribution in [1.29, 1.82) is 0 Å². The summed E-state index contributed by atoms with van der Waals surface area (Å²) >= 11 is 5.72. The van der Waals surface area contributed by atoms with Gasteiger partial charge in [0.1, 0.15) is 12.4 Å². The molecule has 0 atom stereocenters. The topological polar surface area (TPSA) is 46.5 Å². The van der Waals surface area contributed by atoms with Crippen molar-refractivity contribution in [3.63, 3.8) is 0 Å². The Labute approximate surface area is 118 Å². The van der Waals surface area contributed by atoms with Crippen molar-refractivity contribution >= 4 is 17.6 Å². The van der Waals surface area contributed by atoms with Gasteiger partial charge in [-0.25, -0.2) is 13.6 Å². The van der Waals surface area contributed by atoms with Crippen LogP contribution in [0.15, 0.2) is 36.4 Å². The highest BCUT2D eigenvalue weighted by Crippen LogP contribution is 2.23. The second-order valence-electron chi connectivity index (χ2n) is 3.98. The molecule has 0 saturated heterocycles. The predicted octanol–water partition coefficient (Wildman–Crippen LogP) is 3.90. The summed E-state index contributed by atoms with van der Waals surface area (Å²) in [5.74, 6) is -2.80. The number of rotatable bonds is 4. The van der Waals surface area contributed by atoms with Gasteiger partial charge in [0.15, 0.2) is 11.6 Å². The maximum Gasteiger partial charge on any atom is 0.337 e. The van der Waals surface area contributed by atoms with E-state index in [2.05, 4.69) is 0 Å². The molecule has 0 unspecified atom stereocenters. The van der Waals surface area contributed by atoms with E-state index in [0.29, 0.717) is 5.56 Å². The van der Waals surface area contributed by atoms with Crippen molar-refractivity contribution in [3.05, 3.63) is 64.2 Å². The normalized spacial score (nSPS) is 10.3. The zero-order valence-electron chi connectivity index (χ0n) is 10.1. The first-order chi connectivity index (χ1) is 9.47. The molecule has 0 bridgehead atoms. The fraction of sp³-hybridized carbons (Fsp3) is 0.0714. The Hall–Kier alpha value is -2.14. The lowest BCUT2D eigenvalue weighted by Gasteiger charge is -2.08. The monoisotopic (exact) mass is 298 g/mol. The largest absolute Gasteiger partial charge is 0.489 e. The summed E-state index contributed by atoms with van der Waals surface area (Å²) in [6.45, 7) is -0.0160. The summed E-state index contributed by atoms with van der Waals surface area (Å²) < 4.78 is 31.1. The Bertz CT molecular complexity index is 659. The summed E-state index contributed by atoms with van der Waals surface area (Å²) in [5.41, 5.74) is 0.338. The van der Waals surface area contributed by atoms with Gasteiger partial charge in [0.05, 0.1) is 10.6 Å². The molecule has 0 aliphatic rings. The number of ether oxygens (including phenoxy) is 1. The average Bonchev–Trinajstić information content (AvgIpc) is 2.41. The average molecular weight is 299 g/mol. The van der Waals surface area contributed by atoms with Crippen LogP contribution < -0.4 is 4.74 Å². The van der Waals surface area contributed by atoms with E-state index in [4.69, 9.17) is 21.4 Å². The summed E-state index contributed by atoms with van der Waals surface area (Å²) in [7, 11) is 0. The summed E-state index contributed by atoms with van der Waals surface area (Å²) in [4.78, 5) is 10.9. The Balaban J connectivity index is 2.12. The Morgan fingerprint density at radius 3 is 2.55 bits per heavy atom. The zero-order valence-corrected chi connectivity index (χ0v) is 10.8. The predicted molar refractivity (Wildman–Crippen MR) is 69.1 cm³/mol. The van der Waals surface area contributed by atoms with Crippen LogP contribution in [0, 0.1) is 11.6 Å². The lowest BCUT2D eigenvalue weighted by atomic mass is 10.2. The van der Waals surface area contributed by atoms with Crippen LogP contribution in [0.1, 0.15) is 15.9 Å². The number of aromatic carboxylic acids is 1. The fourth-order valence-electron chi connectivity index (χ4n) is 1.55. The van der Waals surface area contributed by atoms with E-state index >= 15 is 0 Å². The van der Waals surface area contributed by atoms with Crippen LogP contribution in [0.3, 0.4) is 0 Å². The number of benzene rings is 2. The Morgan fingerprint density at radius 2 is 1.90 bits per heavy atom. The van der Waals surface area contributed by atoms with Crippen molar-refractivity contribution in [2.75, 3.05) is 0 Å². The van der Waals surface area contributed by atoms with Crippen LogP contribution in [-0.2, 0) is 6.61 Å². The van der Waals surface area contributed by atoms with Gasteiger partial charge in [0.2, 0.25) is 0 Å². The fourth-order valence-corrected chi connectivity index (χ4v) is 1.75. The molecule has 0 fully saturated rings. The first kappa shape index (κ1) is 14.3. The second kappa shape index (κ2) is 5.88. The number of hydrogen-bond donors (Lipinski definition) is 1. The minimum Gasteiger partial charge on any atom is -0.489 e. The van der Waals surface area contributed by atoms with E-state index < -0.39 is 17.6 Å². The van der Waals surface area contributed by atoms with Crippen LogP contribution >= 0.6 is 11.6 Å². The third kappa shape index (κ3) is 3.24. The van der Waals surface area contributed by atoms with Crippen molar-refractivity contribution in [1.82, 2.24) is 0 Å². The summed E-state index contributed by atoms with van der Waals surface area (Å²) in [6, 6.07) is 7.55. The molecule has 0 radical (unpaired) electrons. The molecule has 20 heavy (non-hydrogen) atoms. The van der Waals surface area contributed by atoms with Gasteiger partial charge in [-0.05, 0) is 35.9 Å². The molecule has 0 aliphatic heterocycles. The van der Waals surface area contributed by atoms with Crippen molar-refractivity contribution in [2.45, 2.75) is 6.61 Å². The molecule has 0 aromatic heterocycles. The number of halogens is 3. The van der Waals surface area contributed by atoms with Crippen LogP contribution in [0.5, 0.6) is 5.75 Å². The zero-order chi connectivity index (χ0) is 14.7. The molecule has 104 valence electrons. The number of carbonyl (C=O) groups is 1. The number of carboxylic acid groups (broad SMARTS) is 1. The maximum atomic E-state index is 13.0. The SMILES string of the molecule is O=C(O)c1cc(OCc2ccc(F)c(F)c2)ccc1Cl. The molecular formula is C14H9ClF2O3. The molecule has 6 heteroatoms. The van der Waals surface area contributed by atoms with Gasteiger partial charge in [-0.1, -0.05) is 17.7 Å². The summed E-state index contributed by atoms with van der Waals surface area (Å²) in [6.07, 6.45) is 0. The smallest absolute Gasteiger partial charge is 0.337 e. The third-order valence-corrected chi connectivity index (χ3v) is 2.89. The number of hydrogen-bond acceptors (Lipinski definition) is 2. The minimum absolute atomic E-state index is 0.0160. The van der Waals surface area contributed by atoms with Gasteiger partial charge in [0.25, 0.3) is 0 Å². The third-order valence-electron chi connectivity index (χ3n) is 2.56. The van der Waals surface area contributed by atoms with Crippen LogP contribution in [0.2, 0.25) is 5.02 Å². The molecule has 1 N–H and O–H groups in total. The van der Waals surface area contributed by atoms with Gasteiger partial charge in [0, 0.05) is 0 Å². The van der Waals surface area contributed by atoms with E-state index in [1.54, 1.807) is 0 Å². The lowest BCUT2D eigenvalue weighted by molar-refractivity contribution is 0.0696. The lowest BCUT2D eigenvalue weighted by Crippen LogP contribution is -2.01. The van der Waals surface area contributed by atoms with Gasteiger partial charge in [-0.2, -0.15) is 0 Å². The van der Waals surface area contributed by atoms with Gasteiger partial charge < -0.3 is 9.84 Å². The molecule has 0 amide bonds. The molecule has 3 nitrogen and oxygen atoms in total. The molecule has 0 spiro atoms. The molecule has 0 saturated carbocycles. The summed E-state index contributed by atoms with van der Waals surface area (Å²) in [5, 5.41) is 9.01. The molecule has 2 aromatic carbocycles. The molecular weight excluding hydrogens is 290 g/mol. The van der Waals surface area contributed by atoms with Crippen molar-refractivity contribution in [2.24, 2.45) is 0 Å². The molecule has 0 aliphatic carbocycles. The van der Waals surface area contributed by atoms with E-state index in [1.807, 2.05) is 0 Å². The van der Waals surface area contributed by atoms with Crippen LogP contribution in [-0.4, -0.2) is 11.1 Å². The van der Waals surface area contributed by atoms with Crippen LogP contribution in [0.25, 0.3) is 0 Å². The second-order valence-corrected chi connectivity index (χ2v) is 4.39. The van der Waals surface area contributed by atoms with E-state index in [0.717, 1.165) is 12.1 Å².